The summed E-state index contributed by atoms with van der Waals surface area (Å²) >= 11 is 0. The lowest BCUT2D eigenvalue weighted by Gasteiger charge is -2.34. The molecule has 2 aliphatic carbocycles. The van der Waals surface area contributed by atoms with Gasteiger partial charge in [-0.25, -0.2) is 0 Å². The highest BCUT2D eigenvalue weighted by atomic mass is 16.5. The second kappa shape index (κ2) is 7.10. The van der Waals surface area contributed by atoms with Crippen LogP contribution in [0.15, 0.2) is 0 Å². The molecule has 4 nitrogen and oxygen atoms in total. The van der Waals surface area contributed by atoms with Gasteiger partial charge in [0.05, 0.1) is 6.61 Å². The monoisotopic (exact) mass is 320 g/mol. The molecule has 1 N–H and O–H groups in total. The molecule has 0 aromatic heterocycles. The third-order valence-electron chi connectivity index (χ3n) is 6.83. The number of rotatable bonds is 5. The summed E-state index contributed by atoms with van der Waals surface area (Å²) in [6.45, 7) is 5.34. The van der Waals surface area contributed by atoms with E-state index >= 15 is 0 Å². The zero-order valence-corrected chi connectivity index (χ0v) is 14.3. The van der Waals surface area contributed by atoms with Gasteiger partial charge in [0.25, 0.3) is 0 Å². The largest absolute Gasteiger partial charge is 0.381 e. The van der Waals surface area contributed by atoms with Gasteiger partial charge in [-0.05, 0) is 62.2 Å². The number of nitrogens with zero attached hydrogens (tertiary/aromatic N) is 1. The molecule has 2 bridgehead atoms. The summed E-state index contributed by atoms with van der Waals surface area (Å²) in [6.07, 6.45) is 9.79. The molecule has 4 fully saturated rings. The number of carbonyl (C=O) groups is 1. The summed E-state index contributed by atoms with van der Waals surface area (Å²) in [7, 11) is 0. The lowest BCUT2D eigenvalue weighted by molar-refractivity contribution is -0.123. The van der Waals surface area contributed by atoms with E-state index in [2.05, 4.69) is 10.2 Å². The minimum absolute atomic E-state index is 0.324. The molecule has 4 atom stereocenters. The fraction of sp³-hybridized carbons (Fsp3) is 0.947. The minimum atomic E-state index is 0.324. The highest BCUT2D eigenvalue weighted by Gasteiger charge is 2.40. The molecule has 4 unspecified atom stereocenters. The van der Waals surface area contributed by atoms with E-state index in [1.807, 2.05) is 0 Å². The van der Waals surface area contributed by atoms with Crippen LogP contribution in [0.2, 0.25) is 0 Å². The van der Waals surface area contributed by atoms with Crippen molar-refractivity contribution in [1.82, 2.24) is 10.2 Å². The lowest BCUT2D eigenvalue weighted by atomic mass is 9.86. The van der Waals surface area contributed by atoms with E-state index in [1.54, 1.807) is 0 Å². The summed E-state index contributed by atoms with van der Waals surface area (Å²) in [5.41, 5.74) is 0. The molecule has 4 aliphatic rings. The molecule has 1 amide bonds. The third kappa shape index (κ3) is 3.90. The summed E-state index contributed by atoms with van der Waals surface area (Å²) in [5.74, 6) is 3.56. The van der Waals surface area contributed by atoms with Crippen LogP contribution >= 0.6 is 0 Å². The van der Waals surface area contributed by atoms with Crippen LogP contribution in [0.5, 0.6) is 0 Å². The van der Waals surface area contributed by atoms with E-state index in [0.717, 1.165) is 63.3 Å². The zero-order valence-electron chi connectivity index (χ0n) is 14.3. The molecule has 4 rings (SSSR count). The Bertz CT molecular complexity index is 414. The second-order valence-electron chi connectivity index (χ2n) is 8.51. The Morgan fingerprint density at radius 3 is 2.61 bits per heavy atom. The maximum Gasteiger partial charge on any atom is 0.220 e. The van der Waals surface area contributed by atoms with E-state index in [-0.39, 0.29) is 0 Å². The van der Waals surface area contributed by atoms with Crippen LogP contribution in [0.25, 0.3) is 0 Å². The minimum Gasteiger partial charge on any atom is -0.381 e. The number of hydrogen-bond donors (Lipinski definition) is 1. The normalized spacial score (nSPS) is 38.3. The predicted molar refractivity (Wildman–Crippen MR) is 90.1 cm³/mol. The summed E-state index contributed by atoms with van der Waals surface area (Å²) < 4.78 is 5.47. The molecule has 0 spiro atoms. The summed E-state index contributed by atoms with van der Waals surface area (Å²) in [6, 6.07) is 0.414. The van der Waals surface area contributed by atoms with Gasteiger partial charge in [-0.3, -0.25) is 4.79 Å². The van der Waals surface area contributed by atoms with Gasteiger partial charge >= 0.3 is 0 Å². The first kappa shape index (κ1) is 15.9. The van der Waals surface area contributed by atoms with Crippen LogP contribution in [0, 0.1) is 23.7 Å². The molecule has 130 valence electrons. The van der Waals surface area contributed by atoms with E-state index < -0.39 is 0 Å². The van der Waals surface area contributed by atoms with Crippen molar-refractivity contribution in [2.45, 2.75) is 57.4 Å². The average molecular weight is 320 g/mol. The van der Waals surface area contributed by atoms with Gasteiger partial charge in [0.1, 0.15) is 0 Å². The number of carbonyl (C=O) groups excluding carboxylic acids is 1. The maximum atomic E-state index is 12.4. The van der Waals surface area contributed by atoms with Crippen molar-refractivity contribution in [2.24, 2.45) is 23.7 Å². The van der Waals surface area contributed by atoms with Crippen molar-refractivity contribution >= 4 is 5.91 Å². The Morgan fingerprint density at radius 1 is 1.09 bits per heavy atom. The Kier molecular flexibility index (Phi) is 4.91. The summed E-state index contributed by atoms with van der Waals surface area (Å²) in [4.78, 5) is 14.9. The Hall–Kier alpha value is -0.610. The van der Waals surface area contributed by atoms with Crippen LogP contribution < -0.4 is 5.32 Å². The molecule has 0 aromatic carbocycles. The number of fused-ring (bicyclic) bond motifs is 2. The quantitative estimate of drug-likeness (QED) is 0.846. The van der Waals surface area contributed by atoms with Gasteiger partial charge in [0, 0.05) is 38.7 Å². The first-order valence-electron chi connectivity index (χ1n) is 9.85. The van der Waals surface area contributed by atoms with Crippen LogP contribution in [-0.2, 0) is 9.53 Å². The SMILES string of the molecule is O=C(CC1CC2CCC1C2)NC1CCN(CC2CCOC2)CC1. The van der Waals surface area contributed by atoms with Gasteiger partial charge in [-0.1, -0.05) is 6.42 Å². The van der Waals surface area contributed by atoms with E-state index in [1.165, 1.54) is 38.6 Å². The van der Waals surface area contributed by atoms with Crippen LogP contribution in [0.3, 0.4) is 0 Å². The first-order chi connectivity index (χ1) is 11.3. The van der Waals surface area contributed by atoms with Crippen molar-refractivity contribution < 1.29 is 9.53 Å². The molecule has 2 saturated heterocycles. The molecule has 2 saturated carbocycles. The summed E-state index contributed by atoms with van der Waals surface area (Å²) in [5, 5.41) is 3.33. The van der Waals surface area contributed by atoms with Gasteiger partial charge in [0.2, 0.25) is 5.91 Å². The number of piperidine rings is 1. The number of likely N-dealkylation sites (tertiary alicyclic amines) is 1. The number of nitrogens with one attached hydrogen (secondary N) is 1. The molecular formula is C19H32N2O2. The maximum absolute atomic E-state index is 12.4. The van der Waals surface area contributed by atoms with E-state index in [0.29, 0.717) is 17.9 Å². The molecular weight excluding hydrogens is 288 g/mol. The lowest BCUT2D eigenvalue weighted by Crippen LogP contribution is -2.46. The Labute approximate surface area is 140 Å². The van der Waals surface area contributed by atoms with Crippen LogP contribution in [-0.4, -0.2) is 49.7 Å². The van der Waals surface area contributed by atoms with Crippen LogP contribution in [0.4, 0.5) is 0 Å². The standard InChI is InChI=1S/C19H32N2O2/c22-19(11-17-10-14-1-2-16(17)9-14)20-18-3-6-21(7-4-18)12-15-5-8-23-13-15/h14-18H,1-13H2,(H,20,22). The van der Waals surface area contributed by atoms with Gasteiger partial charge in [0.15, 0.2) is 0 Å². The highest BCUT2D eigenvalue weighted by Crippen LogP contribution is 2.49. The fourth-order valence-corrected chi connectivity index (χ4v) is 5.50. The average Bonchev–Trinajstić information content (AvgIpc) is 3.27. The molecule has 2 heterocycles. The topological polar surface area (TPSA) is 41.6 Å². The number of ether oxygens (including phenoxy) is 1. The second-order valence-corrected chi connectivity index (χ2v) is 8.51. The van der Waals surface area contributed by atoms with Crippen molar-refractivity contribution in [3.63, 3.8) is 0 Å². The molecule has 2 aliphatic heterocycles. The Balaban J connectivity index is 1.15. The van der Waals surface area contributed by atoms with Gasteiger partial charge in [-0.15, -0.1) is 0 Å². The smallest absolute Gasteiger partial charge is 0.220 e. The van der Waals surface area contributed by atoms with Gasteiger partial charge < -0.3 is 15.0 Å². The zero-order chi connectivity index (χ0) is 15.6. The molecule has 0 radical (unpaired) electrons. The van der Waals surface area contributed by atoms with Crippen LogP contribution in [0.1, 0.15) is 51.4 Å². The number of amides is 1. The van der Waals surface area contributed by atoms with Gasteiger partial charge in [-0.2, -0.15) is 0 Å². The third-order valence-corrected chi connectivity index (χ3v) is 6.83. The first-order valence-corrected chi connectivity index (χ1v) is 9.85. The van der Waals surface area contributed by atoms with Crippen molar-refractivity contribution in [2.75, 3.05) is 32.8 Å². The molecule has 4 heteroatoms. The fourth-order valence-electron chi connectivity index (χ4n) is 5.50. The predicted octanol–water partition coefficient (Wildman–Crippen LogP) is 2.43. The molecule has 23 heavy (non-hydrogen) atoms. The number of hydrogen-bond acceptors (Lipinski definition) is 3. The van der Waals surface area contributed by atoms with E-state index in [4.69, 9.17) is 4.74 Å². The van der Waals surface area contributed by atoms with Crippen molar-refractivity contribution in [1.29, 1.82) is 0 Å². The van der Waals surface area contributed by atoms with E-state index in [9.17, 15) is 4.79 Å². The molecule has 0 aromatic rings. The van der Waals surface area contributed by atoms with Crippen molar-refractivity contribution in [3.05, 3.63) is 0 Å². The van der Waals surface area contributed by atoms with Crippen molar-refractivity contribution in [3.8, 4) is 0 Å². The Morgan fingerprint density at radius 2 is 1.96 bits per heavy atom. The highest BCUT2D eigenvalue weighted by molar-refractivity contribution is 5.76.